The molecule has 29 heavy (non-hydrogen) atoms. The van der Waals surface area contributed by atoms with Crippen LogP contribution in [0.15, 0.2) is 67.0 Å². The van der Waals surface area contributed by atoms with Crippen molar-refractivity contribution in [3.05, 3.63) is 72.6 Å². The normalized spacial score (nSPS) is 11.7. The van der Waals surface area contributed by atoms with Crippen molar-refractivity contribution in [2.24, 2.45) is 5.92 Å². The van der Waals surface area contributed by atoms with E-state index in [1.165, 1.54) is 7.11 Å². The number of carbonyl (C=O) groups is 2. The predicted molar refractivity (Wildman–Crippen MR) is 111 cm³/mol. The van der Waals surface area contributed by atoms with Crippen molar-refractivity contribution >= 4 is 17.5 Å². The van der Waals surface area contributed by atoms with E-state index in [1.807, 2.05) is 38.2 Å². The van der Waals surface area contributed by atoms with E-state index < -0.39 is 6.04 Å². The van der Waals surface area contributed by atoms with Crippen LogP contribution in [-0.4, -0.2) is 34.7 Å². The monoisotopic (exact) mass is 392 g/mol. The zero-order chi connectivity index (χ0) is 20.8. The quantitative estimate of drug-likeness (QED) is 0.646. The third-order valence-corrected chi connectivity index (χ3v) is 4.49. The summed E-state index contributed by atoms with van der Waals surface area (Å²) in [5.41, 5.74) is 1.91. The molecule has 0 fully saturated rings. The van der Waals surface area contributed by atoms with Gasteiger partial charge in [0.1, 0.15) is 11.8 Å². The molecule has 3 rings (SSSR count). The summed E-state index contributed by atoms with van der Waals surface area (Å²) >= 11 is 0. The minimum absolute atomic E-state index is 0.1000. The molecule has 0 bridgehead atoms. The van der Waals surface area contributed by atoms with Crippen molar-refractivity contribution < 1.29 is 14.3 Å². The fourth-order valence-electron chi connectivity index (χ4n) is 2.93. The predicted octanol–water partition coefficient (Wildman–Crippen LogP) is 3.27. The zero-order valence-corrected chi connectivity index (χ0v) is 16.6. The fraction of sp³-hybridized carbons (Fsp3) is 0.227. The SMILES string of the molecule is COc1ccccc1C(=O)NC(C(=O)Nc1ccc(-n2cccn2)cc1)C(C)C. The first-order valence-corrected chi connectivity index (χ1v) is 9.34. The maximum atomic E-state index is 12.8. The Hall–Kier alpha value is -3.61. The molecule has 1 atom stereocenters. The van der Waals surface area contributed by atoms with Gasteiger partial charge in [-0.3, -0.25) is 9.59 Å². The molecule has 0 aliphatic carbocycles. The Morgan fingerprint density at radius 3 is 2.38 bits per heavy atom. The molecule has 2 aromatic carbocycles. The van der Waals surface area contributed by atoms with Gasteiger partial charge in [-0.2, -0.15) is 5.10 Å². The number of rotatable bonds is 7. The number of anilines is 1. The minimum atomic E-state index is -0.696. The summed E-state index contributed by atoms with van der Waals surface area (Å²) in [5, 5.41) is 9.86. The molecular formula is C22H24N4O3. The van der Waals surface area contributed by atoms with Crippen molar-refractivity contribution in [1.29, 1.82) is 0 Å². The molecule has 0 aliphatic heterocycles. The van der Waals surface area contributed by atoms with Crippen LogP contribution in [0, 0.1) is 5.92 Å². The standard InChI is InChI=1S/C22H24N4O3/c1-15(2)20(25-21(27)18-7-4-5-8-19(18)29-3)22(28)24-16-9-11-17(12-10-16)26-14-6-13-23-26/h4-15,20H,1-3H3,(H,24,28)(H,25,27). The smallest absolute Gasteiger partial charge is 0.255 e. The molecule has 1 unspecified atom stereocenters. The van der Waals surface area contributed by atoms with Crippen LogP contribution >= 0.6 is 0 Å². The van der Waals surface area contributed by atoms with E-state index in [2.05, 4.69) is 15.7 Å². The maximum absolute atomic E-state index is 12.8. The molecule has 7 heteroatoms. The van der Waals surface area contributed by atoms with Crippen LogP contribution in [0.25, 0.3) is 5.69 Å². The molecule has 7 nitrogen and oxygen atoms in total. The summed E-state index contributed by atoms with van der Waals surface area (Å²) in [5.74, 6) is -0.278. The summed E-state index contributed by atoms with van der Waals surface area (Å²) in [6.45, 7) is 3.77. The lowest BCUT2D eigenvalue weighted by Gasteiger charge is -2.22. The molecular weight excluding hydrogens is 368 g/mol. The third kappa shape index (κ3) is 4.82. The Labute approximate surface area is 169 Å². The molecule has 0 radical (unpaired) electrons. The number of methoxy groups -OCH3 is 1. The van der Waals surface area contributed by atoms with Gasteiger partial charge in [0, 0.05) is 18.1 Å². The number of para-hydroxylation sites is 1. The molecule has 1 aromatic heterocycles. The van der Waals surface area contributed by atoms with E-state index in [0.717, 1.165) is 5.69 Å². The number of hydrogen-bond acceptors (Lipinski definition) is 4. The molecule has 150 valence electrons. The lowest BCUT2D eigenvalue weighted by Crippen LogP contribution is -2.47. The minimum Gasteiger partial charge on any atom is -0.496 e. The largest absolute Gasteiger partial charge is 0.496 e. The summed E-state index contributed by atoms with van der Waals surface area (Å²) < 4.78 is 6.97. The van der Waals surface area contributed by atoms with Gasteiger partial charge >= 0.3 is 0 Å². The highest BCUT2D eigenvalue weighted by Gasteiger charge is 2.26. The van der Waals surface area contributed by atoms with Gasteiger partial charge in [0.25, 0.3) is 5.91 Å². The Bertz CT molecular complexity index is 966. The topological polar surface area (TPSA) is 85.2 Å². The van der Waals surface area contributed by atoms with Crippen LogP contribution in [-0.2, 0) is 4.79 Å². The van der Waals surface area contributed by atoms with Crippen molar-refractivity contribution in [2.75, 3.05) is 12.4 Å². The van der Waals surface area contributed by atoms with E-state index in [1.54, 1.807) is 47.3 Å². The van der Waals surface area contributed by atoms with Crippen LogP contribution in [0.5, 0.6) is 5.75 Å². The van der Waals surface area contributed by atoms with E-state index in [0.29, 0.717) is 17.0 Å². The summed E-state index contributed by atoms with van der Waals surface area (Å²) in [7, 11) is 1.51. The molecule has 0 spiro atoms. The maximum Gasteiger partial charge on any atom is 0.255 e. The number of amides is 2. The van der Waals surface area contributed by atoms with Crippen LogP contribution in [0.4, 0.5) is 5.69 Å². The molecule has 3 aromatic rings. The highest BCUT2D eigenvalue weighted by Crippen LogP contribution is 2.18. The number of ether oxygens (including phenoxy) is 1. The van der Waals surface area contributed by atoms with Gasteiger partial charge < -0.3 is 15.4 Å². The Morgan fingerprint density at radius 1 is 1.03 bits per heavy atom. The van der Waals surface area contributed by atoms with E-state index >= 15 is 0 Å². The number of nitrogens with zero attached hydrogens (tertiary/aromatic N) is 2. The van der Waals surface area contributed by atoms with Gasteiger partial charge in [-0.05, 0) is 48.4 Å². The lowest BCUT2D eigenvalue weighted by molar-refractivity contribution is -0.118. The number of carbonyl (C=O) groups excluding carboxylic acids is 2. The fourth-order valence-corrected chi connectivity index (χ4v) is 2.93. The molecule has 1 heterocycles. The van der Waals surface area contributed by atoms with Crippen LogP contribution in [0.2, 0.25) is 0 Å². The second kappa shape index (κ2) is 9.05. The average molecular weight is 392 g/mol. The van der Waals surface area contributed by atoms with Gasteiger partial charge in [0.2, 0.25) is 5.91 Å². The first-order valence-electron chi connectivity index (χ1n) is 9.34. The van der Waals surface area contributed by atoms with Crippen LogP contribution in [0.1, 0.15) is 24.2 Å². The van der Waals surface area contributed by atoms with Gasteiger partial charge in [-0.25, -0.2) is 4.68 Å². The van der Waals surface area contributed by atoms with Crippen molar-refractivity contribution in [3.8, 4) is 11.4 Å². The average Bonchev–Trinajstić information content (AvgIpc) is 3.27. The summed E-state index contributed by atoms with van der Waals surface area (Å²) in [6, 6.07) is 15.4. The van der Waals surface area contributed by atoms with Crippen LogP contribution < -0.4 is 15.4 Å². The second-order valence-corrected chi connectivity index (χ2v) is 6.88. The van der Waals surface area contributed by atoms with Gasteiger partial charge in [-0.1, -0.05) is 26.0 Å². The molecule has 0 aliphatic rings. The van der Waals surface area contributed by atoms with Gasteiger partial charge in [0.05, 0.1) is 18.4 Å². The first kappa shape index (κ1) is 20.1. The first-order chi connectivity index (χ1) is 14.0. The van der Waals surface area contributed by atoms with Crippen molar-refractivity contribution in [1.82, 2.24) is 15.1 Å². The zero-order valence-electron chi connectivity index (χ0n) is 16.6. The van der Waals surface area contributed by atoms with Crippen LogP contribution in [0.3, 0.4) is 0 Å². The second-order valence-electron chi connectivity index (χ2n) is 6.88. The number of nitrogens with one attached hydrogen (secondary N) is 2. The van der Waals surface area contributed by atoms with Gasteiger partial charge in [0.15, 0.2) is 0 Å². The number of hydrogen-bond donors (Lipinski definition) is 2. The number of benzene rings is 2. The Kier molecular flexibility index (Phi) is 6.29. The molecule has 2 N–H and O–H groups in total. The van der Waals surface area contributed by atoms with E-state index in [4.69, 9.17) is 4.74 Å². The van der Waals surface area contributed by atoms with Crippen molar-refractivity contribution in [2.45, 2.75) is 19.9 Å². The number of aromatic nitrogens is 2. The van der Waals surface area contributed by atoms with Gasteiger partial charge in [-0.15, -0.1) is 0 Å². The molecule has 0 saturated carbocycles. The van der Waals surface area contributed by atoms with E-state index in [9.17, 15) is 9.59 Å². The van der Waals surface area contributed by atoms with Crippen molar-refractivity contribution in [3.63, 3.8) is 0 Å². The van der Waals surface area contributed by atoms with E-state index in [-0.39, 0.29) is 17.7 Å². The highest BCUT2D eigenvalue weighted by molar-refractivity contribution is 6.02. The summed E-state index contributed by atoms with van der Waals surface area (Å²) in [6.07, 6.45) is 3.54. The Balaban J connectivity index is 1.70. The summed E-state index contributed by atoms with van der Waals surface area (Å²) in [4.78, 5) is 25.5. The molecule has 2 amide bonds. The lowest BCUT2D eigenvalue weighted by atomic mass is 10.0. The highest BCUT2D eigenvalue weighted by atomic mass is 16.5. The Morgan fingerprint density at radius 2 is 1.76 bits per heavy atom. The molecule has 0 saturated heterocycles. The third-order valence-electron chi connectivity index (χ3n) is 4.49.